The summed E-state index contributed by atoms with van der Waals surface area (Å²) >= 11 is 12.6. The molecule has 46 heavy (non-hydrogen) atoms. The second-order valence-electron chi connectivity index (χ2n) is 15.2. The minimum atomic E-state index is -1.92. The van der Waals surface area contributed by atoms with Crippen LogP contribution in [0.3, 0.4) is 0 Å². The maximum absolute atomic E-state index is 16.0. The second-order valence-corrected chi connectivity index (χ2v) is 20.8. The number of anilines is 2. The minimum absolute atomic E-state index is 0.0838. The summed E-state index contributed by atoms with van der Waals surface area (Å²) in [7, 11) is -1.92. The van der Waals surface area contributed by atoms with E-state index in [1.165, 1.54) is 6.07 Å². The lowest BCUT2D eigenvalue weighted by atomic mass is 9.62. The van der Waals surface area contributed by atoms with Crippen LogP contribution >= 0.6 is 23.2 Å². The zero-order valence-electron chi connectivity index (χ0n) is 27.7. The van der Waals surface area contributed by atoms with Gasteiger partial charge in [0.15, 0.2) is 14.1 Å². The molecule has 0 aliphatic carbocycles. The molecule has 3 heterocycles. The zero-order chi connectivity index (χ0) is 33.8. The fraction of sp³-hybridized carbons (Fsp3) is 0.500. The Balaban J connectivity index is 1.51. The average molecular weight is 689 g/mol. The van der Waals surface area contributed by atoms with Gasteiger partial charge < -0.3 is 20.4 Å². The lowest BCUT2D eigenvalue weighted by Crippen LogP contribution is -2.49. The van der Waals surface area contributed by atoms with Crippen molar-refractivity contribution >= 4 is 54.8 Å². The van der Waals surface area contributed by atoms with Crippen molar-refractivity contribution in [2.75, 3.05) is 17.2 Å². The van der Waals surface area contributed by atoms with Crippen LogP contribution in [-0.2, 0) is 26.0 Å². The minimum Gasteiger partial charge on any atom is -0.415 e. The Hall–Kier alpha value is -2.76. The van der Waals surface area contributed by atoms with Gasteiger partial charge >= 0.3 is 0 Å². The third-order valence-corrected chi connectivity index (χ3v) is 14.8. The van der Waals surface area contributed by atoms with Gasteiger partial charge in [-0.15, -0.1) is 0 Å². The second kappa shape index (κ2) is 12.4. The smallest absolute Gasteiger partial charge is 0.243 e. The van der Waals surface area contributed by atoms with Gasteiger partial charge in [0.2, 0.25) is 11.8 Å². The molecule has 2 aliphatic rings. The molecule has 12 heteroatoms. The van der Waals surface area contributed by atoms with E-state index in [0.717, 1.165) is 0 Å². The van der Waals surface area contributed by atoms with Crippen molar-refractivity contribution in [1.82, 2.24) is 15.1 Å². The Morgan fingerprint density at radius 3 is 2.52 bits per heavy atom. The van der Waals surface area contributed by atoms with Crippen molar-refractivity contribution < 1.29 is 18.4 Å². The van der Waals surface area contributed by atoms with E-state index < -0.39 is 43.5 Å². The lowest BCUT2D eigenvalue weighted by molar-refractivity contribution is -0.122. The van der Waals surface area contributed by atoms with Crippen LogP contribution in [0.2, 0.25) is 28.2 Å². The highest BCUT2D eigenvalue weighted by Gasteiger charge is 2.66. The molecule has 1 spiro atoms. The normalized spacial score (nSPS) is 23.1. The molecule has 1 fully saturated rings. The van der Waals surface area contributed by atoms with Gasteiger partial charge in [0.05, 0.1) is 24.2 Å². The van der Waals surface area contributed by atoms with Crippen molar-refractivity contribution in [2.24, 2.45) is 5.41 Å². The third kappa shape index (κ3) is 6.39. The van der Waals surface area contributed by atoms with E-state index in [1.807, 2.05) is 0 Å². The Labute approximate surface area is 281 Å². The van der Waals surface area contributed by atoms with Gasteiger partial charge in [-0.2, -0.15) is 5.10 Å². The molecule has 1 saturated heterocycles. The molecule has 3 N–H and O–H groups in total. The zero-order valence-corrected chi connectivity index (χ0v) is 30.2. The Kier molecular flexibility index (Phi) is 9.29. The summed E-state index contributed by atoms with van der Waals surface area (Å²) in [4.78, 5) is 28.5. The van der Waals surface area contributed by atoms with Crippen molar-refractivity contribution in [3.63, 3.8) is 0 Å². The number of carbonyl (C=O) groups excluding carboxylic acids is 2. The number of rotatable bonds is 8. The van der Waals surface area contributed by atoms with E-state index in [2.05, 4.69) is 75.7 Å². The highest BCUT2D eigenvalue weighted by Crippen LogP contribution is 2.57. The third-order valence-electron chi connectivity index (χ3n) is 9.70. The van der Waals surface area contributed by atoms with Crippen molar-refractivity contribution in [3.05, 3.63) is 75.7 Å². The van der Waals surface area contributed by atoms with Crippen LogP contribution in [0.25, 0.3) is 0 Å². The molecule has 5 rings (SSSR count). The molecule has 4 atom stereocenters. The maximum Gasteiger partial charge on any atom is 0.243 e. The lowest BCUT2D eigenvalue weighted by Gasteiger charge is -2.37. The summed E-state index contributed by atoms with van der Waals surface area (Å²) in [6.45, 7) is 18.2. The van der Waals surface area contributed by atoms with Gasteiger partial charge in [-0.1, -0.05) is 82.9 Å². The van der Waals surface area contributed by atoms with E-state index in [4.69, 9.17) is 27.6 Å². The largest absolute Gasteiger partial charge is 0.415 e. The van der Waals surface area contributed by atoms with Gasteiger partial charge in [0.25, 0.3) is 0 Å². The average Bonchev–Trinajstić information content (AvgIpc) is 3.59. The molecule has 8 nitrogen and oxygen atoms in total. The molecular formula is C34H44Cl2FN5O3Si. The molecule has 4 unspecified atom stereocenters. The van der Waals surface area contributed by atoms with E-state index in [1.54, 1.807) is 47.3 Å². The van der Waals surface area contributed by atoms with Crippen LogP contribution in [0.1, 0.15) is 65.0 Å². The van der Waals surface area contributed by atoms with Crippen LogP contribution in [0.15, 0.2) is 48.7 Å². The quantitative estimate of drug-likeness (QED) is 0.211. The monoisotopic (exact) mass is 687 g/mol. The topological polar surface area (TPSA) is 97.3 Å². The molecule has 2 aliphatic heterocycles. The number of halogens is 3. The predicted molar refractivity (Wildman–Crippen MR) is 185 cm³/mol. The van der Waals surface area contributed by atoms with Gasteiger partial charge in [-0.3, -0.25) is 14.3 Å². The number of aromatic nitrogens is 2. The first-order valence-corrected chi connectivity index (χ1v) is 19.3. The van der Waals surface area contributed by atoms with Crippen LogP contribution in [0.5, 0.6) is 0 Å². The fourth-order valence-electron chi connectivity index (χ4n) is 6.52. The SMILES string of the molecule is CC(C)(C)CC1NC(C(=O)Nc2ccn(CCO[Si](C)(C)C(C)(C)C)n2)C(c2cccc(Cl)c2F)C12C(=O)Nc1cc(Cl)ccc12. The number of fused-ring (bicyclic) bond motifs is 2. The summed E-state index contributed by atoms with van der Waals surface area (Å²) in [5, 5.41) is 14.4. The highest BCUT2D eigenvalue weighted by atomic mass is 35.5. The number of nitrogens with zero attached hydrogens (tertiary/aromatic N) is 2. The fourth-order valence-corrected chi connectivity index (χ4v) is 7.91. The van der Waals surface area contributed by atoms with E-state index in [9.17, 15) is 9.59 Å². The maximum atomic E-state index is 16.0. The van der Waals surface area contributed by atoms with E-state index in [-0.39, 0.29) is 26.9 Å². The van der Waals surface area contributed by atoms with Crippen LogP contribution in [0, 0.1) is 11.2 Å². The molecule has 3 aromatic rings. The number of nitrogens with one attached hydrogen (secondary N) is 3. The summed E-state index contributed by atoms with van der Waals surface area (Å²) < 4.78 is 24.0. The number of hydrogen-bond acceptors (Lipinski definition) is 5. The van der Waals surface area contributed by atoms with E-state index in [0.29, 0.717) is 41.7 Å². The highest BCUT2D eigenvalue weighted by molar-refractivity contribution is 6.74. The van der Waals surface area contributed by atoms with Gasteiger partial charge in [-0.05, 0) is 59.3 Å². The van der Waals surface area contributed by atoms with Gasteiger partial charge in [-0.25, -0.2) is 4.39 Å². The first kappa shape index (κ1) is 34.6. The van der Waals surface area contributed by atoms with Crippen molar-refractivity contribution in [2.45, 2.75) is 96.1 Å². The Morgan fingerprint density at radius 1 is 1.13 bits per heavy atom. The van der Waals surface area contributed by atoms with Crippen LogP contribution < -0.4 is 16.0 Å². The first-order valence-electron chi connectivity index (χ1n) is 15.6. The van der Waals surface area contributed by atoms with Gasteiger partial charge in [0.1, 0.15) is 11.2 Å². The van der Waals surface area contributed by atoms with Crippen LogP contribution in [0.4, 0.5) is 15.9 Å². The summed E-state index contributed by atoms with van der Waals surface area (Å²) in [5.41, 5.74) is -0.183. The summed E-state index contributed by atoms with van der Waals surface area (Å²) in [6, 6.07) is 10.1. The molecule has 248 valence electrons. The molecule has 0 bridgehead atoms. The summed E-state index contributed by atoms with van der Waals surface area (Å²) in [6.07, 6.45) is 2.31. The molecule has 0 saturated carbocycles. The van der Waals surface area contributed by atoms with Crippen molar-refractivity contribution in [3.8, 4) is 0 Å². The molecular weight excluding hydrogens is 644 g/mol. The van der Waals surface area contributed by atoms with Crippen molar-refractivity contribution in [1.29, 1.82) is 0 Å². The summed E-state index contributed by atoms with van der Waals surface area (Å²) in [5.74, 6) is -2.01. The first-order chi connectivity index (χ1) is 21.3. The number of carbonyl (C=O) groups is 2. The molecule has 2 aromatic carbocycles. The van der Waals surface area contributed by atoms with Gasteiger partial charge in [0, 0.05) is 34.9 Å². The Bertz CT molecular complexity index is 1650. The molecule has 0 radical (unpaired) electrons. The predicted octanol–water partition coefficient (Wildman–Crippen LogP) is 7.74. The van der Waals surface area contributed by atoms with Crippen LogP contribution in [-0.4, -0.2) is 48.6 Å². The molecule has 1 aromatic heterocycles. The standard InChI is InChI=1S/C34H44Cl2FN5O3Si/c1-32(2,3)19-25-34(22-13-12-20(35)18-24(22)38-31(34)44)27(21-10-9-11-23(36)28(21)37)29(39-25)30(43)40-26-14-15-42(41-26)16-17-45-46(7,8)33(4,5)6/h9-15,18,25,27,29,39H,16-17,19H2,1-8H3,(H,38,44)(H,40,41,43). The molecule has 2 amide bonds. The number of amides is 2. The Morgan fingerprint density at radius 2 is 1.85 bits per heavy atom. The number of hydrogen-bond donors (Lipinski definition) is 3. The van der Waals surface area contributed by atoms with E-state index >= 15 is 4.39 Å². The number of benzene rings is 2.